The van der Waals surface area contributed by atoms with E-state index in [2.05, 4.69) is 15.3 Å². The monoisotopic (exact) mass is 334 g/mol. The van der Waals surface area contributed by atoms with Crippen molar-refractivity contribution in [1.29, 1.82) is 5.53 Å². The number of ether oxygens (including phenoxy) is 1. The maximum atomic E-state index is 12.3. The number of hydrogen-bond acceptors (Lipinski definition) is 6. The first-order chi connectivity index (χ1) is 11.5. The van der Waals surface area contributed by atoms with Crippen LogP contribution in [-0.2, 0) is 4.74 Å². The topological polar surface area (TPSA) is 112 Å². The van der Waals surface area contributed by atoms with E-state index in [9.17, 15) is 9.90 Å². The molecule has 8 heteroatoms. The van der Waals surface area contributed by atoms with Crippen molar-refractivity contribution >= 4 is 11.6 Å². The van der Waals surface area contributed by atoms with Crippen molar-refractivity contribution in [3.05, 3.63) is 29.8 Å². The van der Waals surface area contributed by atoms with E-state index in [1.54, 1.807) is 24.3 Å². The zero-order chi connectivity index (χ0) is 17.5. The van der Waals surface area contributed by atoms with Crippen molar-refractivity contribution in [3.8, 4) is 0 Å². The van der Waals surface area contributed by atoms with Gasteiger partial charge in [0.15, 0.2) is 10.8 Å². The van der Waals surface area contributed by atoms with E-state index in [0.717, 1.165) is 12.8 Å². The smallest absolute Gasteiger partial charge is 0.251 e. The first-order valence-electron chi connectivity index (χ1n) is 8.05. The summed E-state index contributed by atoms with van der Waals surface area (Å²) in [5.74, 6) is -0.137. The van der Waals surface area contributed by atoms with Gasteiger partial charge in [0.1, 0.15) is 5.53 Å². The van der Waals surface area contributed by atoms with Gasteiger partial charge in [0, 0.05) is 24.7 Å². The summed E-state index contributed by atoms with van der Waals surface area (Å²) in [5.41, 5.74) is 7.76. The van der Waals surface area contributed by atoms with Gasteiger partial charge in [-0.3, -0.25) is 9.69 Å². The third kappa shape index (κ3) is 5.21. The lowest BCUT2D eigenvalue weighted by Gasteiger charge is -2.35. The van der Waals surface area contributed by atoms with Crippen LogP contribution < -0.4 is 10.2 Å². The van der Waals surface area contributed by atoms with Gasteiger partial charge in [-0.25, -0.2) is 0 Å². The Hall–Kier alpha value is -2.12. The van der Waals surface area contributed by atoms with Crippen LogP contribution in [0.3, 0.4) is 0 Å². The third-order valence-corrected chi connectivity index (χ3v) is 3.87. The molecule has 1 aliphatic heterocycles. The number of likely N-dealkylation sites (tertiary alicyclic amines) is 1. The molecule has 8 nitrogen and oxygen atoms in total. The molecule has 1 atom stereocenters. The number of aliphatic hydroxyl groups excluding tert-OH is 1. The Morgan fingerprint density at radius 1 is 1.38 bits per heavy atom. The first-order valence-corrected chi connectivity index (χ1v) is 8.05. The van der Waals surface area contributed by atoms with E-state index in [1.165, 1.54) is 0 Å². The molecule has 24 heavy (non-hydrogen) atoms. The number of rotatable bonds is 6. The van der Waals surface area contributed by atoms with Crippen molar-refractivity contribution in [2.24, 2.45) is 5.11 Å². The second kappa shape index (κ2) is 8.65. The quantitative estimate of drug-likeness (QED) is 0.418. The lowest BCUT2D eigenvalue weighted by molar-refractivity contribution is -0.215. The highest BCUT2D eigenvalue weighted by molar-refractivity contribution is 5.94. The molecule has 1 unspecified atom stereocenters. The van der Waals surface area contributed by atoms with E-state index in [1.807, 2.05) is 18.7 Å². The molecule has 1 fully saturated rings. The highest BCUT2D eigenvalue weighted by Crippen LogP contribution is 2.16. The standard InChI is InChI=1S/C16H23N5O3/c1-11(2)24-16(23)21-9-7-13(8-10-21)18-15(22)12-3-5-14(6-4-12)19-20-17/h3-6,11,13,16-17,23H,7-10H2,1-2H3/p+1. The summed E-state index contributed by atoms with van der Waals surface area (Å²) in [6.07, 6.45) is 0.598. The fourth-order valence-corrected chi connectivity index (χ4v) is 2.60. The van der Waals surface area contributed by atoms with E-state index in [0.29, 0.717) is 24.3 Å². The fourth-order valence-electron chi connectivity index (χ4n) is 2.60. The molecule has 1 aliphatic rings. The SMILES string of the molecule is CC(C)OC(O)N1CCC(NC(=O)c2ccc(N=[N+]=N)cc2)CC1. The van der Waals surface area contributed by atoms with Gasteiger partial charge in [-0.05, 0) is 51.0 Å². The molecule has 0 aliphatic carbocycles. The van der Waals surface area contributed by atoms with E-state index >= 15 is 0 Å². The number of nitrogens with zero attached hydrogens (tertiary/aromatic N) is 3. The molecular weight excluding hydrogens is 310 g/mol. The Balaban J connectivity index is 1.82. The van der Waals surface area contributed by atoms with E-state index in [-0.39, 0.29) is 18.1 Å². The van der Waals surface area contributed by atoms with Gasteiger partial charge >= 0.3 is 0 Å². The summed E-state index contributed by atoms with van der Waals surface area (Å²) in [7, 11) is 0. The molecular formula is C16H24N5O3+. The molecule has 1 aromatic rings. The molecule has 0 spiro atoms. The second-order valence-electron chi connectivity index (χ2n) is 6.04. The van der Waals surface area contributed by atoms with Gasteiger partial charge in [-0.2, -0.15) is 0 Å². The lowest BCUT2D eigenvalue weighted by atomic mass is 10.0. The normalized spacial score (nSPS) is 17.3. The molecule has 0 aromatic heterocycles. The predicted molar refractivity (Wildman–Crippen MR) is 87.7 cm³/mol. The summed E-state index contributed by atoms with van der Waals surface area (Å²) in [4.78, 5) is 17.1. The Bertz CT molecular complexity index is 590. The number of amides is 1. The number of carbonyl (C=O) groups is 1. The Morgan fingerprint density at radius 2 is 2.00 bits per heavy atom. The van der Waals surface area contributed by atoms with Gasteiger partial charge in [0.05, 0.1) is 6.10 Å². The lowest BCUT2D eigenvalue weighted by Crippen LogP contribution is -2.49. The number of piperidine rings is 1. The molecule has 1 heterocycles. The average molecular weight is 334 g/mol. The summed E-state index contributed by atoms with van der Waals surface area (Å²) < 4.78 is 5.37. The molecule has 0 bridgehead atoms. The largest absolute Gasteiger partial charge is 0.356 e. The zero-order valence-corrected chi connectivity index (χ0v) is 14.0. The maximum Gasteiger partial charge on any atom is 0.251 e. The van der Waals surface area contributed by atoms with Crippen LogP contribution in [0.2, 0.25) is 0 Å². The van der Waals surface area contributed by atoms with Crippen LogP contribution >= 0.6 is 0 Å². The molecule has 1 saturated heterocycles. The van der Waals surface area contributed by atoms with Gasteiger partial charge in [-0.15, -0.1) is 0 Å². The van der Waals surface area contributed by atoms with Crippen molar-refractivity contribution in [1.82, 2.24) is 15.1 Å². The van der Waals surface area contributed by atoms with E-state index < -0.39 is 6.41 Å². The van der Waals surface area contributed by atoms with E-state index in [4.69, 9.17) is 10.3 Å². The van der Waals surface area contributed by atoms with Crippen LogP contribution in [0.15, 0.2) is 29.4 Å². The van der Waals surface area contributed by atoms with Crippen LogP contribution in [0, 0.1) is 5.53 Å². The summed E-state index contributed by atoms with van der Waals surface area (Å²) in [6.45, 7) is 5.10. The highest BCUT2D eigenvalue weighted by atomic mass is 16.6. The number of benzene rings is 1. The minimum atomic E-state index is -0.889. The number of nitrogens with one attached hydrogen (secondary N) is 2. The third-order valence-electron chi connectivity index (χ3n) is 3.87. The Kier molecular flexibility index (Phi) is 6.57. The van der Waals surface area contributed by atoms with Crippen LogP contribution in [-0.4, -0.2) is 47.6 Å². The molecule has 1 aromatic carbocycles. The number of aliphatic hydroxyl groups is 1. The molecule has 130 valence electrons. The zero-order valence-electron chi connectivity index (χ0n) is 14.0. The molecule has 1 amide bonds. The predicted octanol–water partition coefficient (Wildman–Crippen LogP) is 1.76. The highest BCUT2D eigenvalue weighted by Gasteiger charge is 2.25. The van der Waals surface area contributed by atoms with Crippen LogP contribution in [0.5, 0.6) is 0 Å². The van der Waals surface area contributed by atoms with Crippen LogP contribution in [0.1, 0.15) is 37.0 Å². The van der Waals surface area contributed by atoms with Gasteiger partial charge in [0.25, 0.3) is 5.91 Å². The van der Waals surface area contributed by atoms with Crippen molar-refractivity contribution in [3.63, 3.8) is 0 Å². The van der Waals surface area contributed by atoms with Crippen LogP contribution in [0.25, 0.3) is 0 Å². The average Bonchev–Trinajstić information content (AvgIpc) is 2.56. The van der Waals surface area contributed by atoms with Crippen molar-refractivity contribution in [2.45, 2.75) is 45.2 Å². The number of carbonyl (C=O) groups excluding carboxylic acids is 1. The fraction of sp³-hybridized carbons (Fsp3) is 0.562. The summed E-state index contributed by atoms with van der Waals surface area (Å²) in [5, 5.41) is 16.5. The van der Waals surface area contributed by atoms with Gasteiger partial charge < -0.3 is 15.2 Å². The van der Waals surface area contributed by atoms with Crippen molar-refractivity contribution < 1.29 is 14.6 Å². The molecule has 0 saturated carbocycles. The molecule has 3 N–H and O–H groups in total. The second-order valence-corrected chi connectivity index (χ2v) is 6.04. The molecule has 2 rings (SSSR count). The summed E-state index contributed by atoms with van der Waals surface area (Å²) >= 11 is 0. The van der Waals surface area contributed by atoms with Gasteiger partial charge in [0.2, 0.25) is 11.3 Å². The Morgan fingerprint density at radius 3 is 2.54 bits per heavy atom. The van der Waals surface area contributed by atoms with Crippen LogP contribution in [0.4, 0.5) is 5.69 Å². The van der Waals surface area contributed by atoms with Gasteiger partial charge in [-0.1, -0.05) is 0 Å². The number of hydrogen-bond donors (Lipinski definition) is 3. The summed E-state index contributed by atoms with van der Waals surface area (Å²) in [6, 6.07) is 6.70. The molecule has 0 radical (unpaired) electrons. The Labute approximate surface area is 141 Å². The minimum Gasteiger partial charge on any atom is -0.356 e. The minimum absolute atomic E-state index is 0.0324. The van der Waals surface area contributed by atoms with Crippen molar-refractivity contribution in [2.75, 3.05) is 13.1 Å². The first kappa shape index (κ1) is 18.2. The maximum absolute atomic E-state index is 12.3.